The van der Waals surface area contributed by atoms with Crippen molar-refractivity contribution in [3.05, 3.63) is 200 Å². The first-order chi connectivity index (χ1) is 23.8. The van der Waals surface area contributed by atoms with E-state index in [-0.39, 0.29) is 0 Å². The molecule has 9 rings (SSSR count). The van der Waals surface area contributed by atoms with Gasteiger partial charge in [0, 0.05) is 34.4 Å². The molecule has 7 aromatic rings. The lowest BCUT2D eigenvalue weighted by Crippen LogP contribution is -2.28. The molecule has 2 heteroatoms. The third-order valence-electron chi connectivity index (χ3n) is 9.80. The molecule has 228 valence electrons. The third kappa shape index (κ3) is 4.90. The van der Waals surface area contributed by atoms with Crippen LogP contribution in [-0.4, -0.2) is 6.04 Å². The Morgan fingerprint density at radius 3 is 1.79 bits per heavy atom. The van der Waals surface area contributed by atoms with Crippen LogP contribution in [0.15, 0.2) is 194 Å². The fraction of sp³-hybridized carbons (Fsp3) is 0.0435. The SMILES string of the molecule is C1=CC2c3ccccc3N(c3ccc(-c4ccc(N(c5ccccc5)c5ccc(-c6cccc7ccccc67)cc5)cc4)cc3)C2C=C1. The van der Waals surface area contributed by atoms with Crippen molar-refractivity contribution in [2.75, 3.05) is 9.80 Å². The molecule has 0 saturated carbocycles. The Kier molecular flexibility index (Phi) is 6.98. The Hall–Kier alpha value is -6.12. The molecule has 0 spiro atoms. The molecule has 0 aromatic heterocycles. The first-order valence-electron chi connectivity index (χ1n) is 16.7. The van der Waals surface area contributed by atoms with Gasteiger partial charge in [-0.3, -0.25) is 0 Å². The molecule has 7 aromatic carbocycles. The lowest BCUT2D eigenvalue weighted by atomic mass is 9.91. The standard InChI is InChI=1S/C46H34N2/c1-2-13-37(14-3-1)47(39-31-25-36(26-32-39)42-18-10-12-35-11-4-5-15-41(35)42)38-27-21-33(22-28-38)34-23-29-40(30-24-34)48-45-19-8-6-16-43(45)44-17-7-9-20-46(44)48/h1-32,43,45H. The summed E-state index contributed by atoms with van der Waals surface area (Å²) in [5.41, 5.74) is 12.2. The summed E-state index contributed by atoms with van der Waals surface area (Å²) in [6, 6.07) is 61.8. The second kappa shape index (κ2) is 11.9. The molecule has 1 aliphatic carbocycles. The molecule has 2 unspecified atom stereocenters. The van der Waals surface area contributed by atoms with E-state index < -0.39 is 0 Å². The minimum atomic E-state index is 0.308. The largest absolute Gasteiger partial charge is 0.333 e. The van der Waals surface area contributed by atoms with Gasteiger partial charge in [0.15, 0.2) is 0 Å². The van der Waals surface area contributed by atoms with Crippen molar-refractivity contribution in [2.45, 2.75) is 12.0 Å². The molecule has 0 N–H and O–H groups in total. The van der Waals surface area contributed by atoms with E-state index in [1.165, 1.54) is 50.0 Å². The number of benzene rings is 7. The Bertz CT molecular complexity index is 2280. The van der Waals surface area contributed by atoms with E-state index in [9.17, 15) is 0 Å². The van der Waals surface area contributed by atoms with E-state index >= 15 is 0 Å². The van der Waals surface area contributed by atoms with E-state index in [0.717, 1.165) is 17.1 Å². The summed E-state index contributed by atoms with van der Waals surface area (Å²) in [6.45, 7) is 0. The molecule has 1 heterocycles. The van der Waals surface area contributed by atoms with Gasteiger partial charge in [-0.1, -0.05) is 140 Å². The van der Waals surface area contributed by atoms with Crippen LogP contribution in [0.5, 0.6) is 0 Å². The zero-order chi connectivity index (χ0) is 31.9. The third-order valence-corrected chi connectivity index (χ3v) is 9.80. The topological polar surface area (TPSA) is 6.48 Å². The van der Waals surface area contributed by atoms with Gasteiger partial charge < -0.3 is 9.80 Å². The number of para-hydroxylation sites is 2. The normalized spacial score (nSPS) is 16.1. The number of fused-ring (bicyclic) bond motifs is 4. The fourth-order valence-corrected chi connectivity index (χ4v) is 7.50. The van der Waals surface area contributed by atoms with Gasteiger partial charge in [0.05, 0.1) is 6.04 Å². The van der Waals surface area contributed by atoms with Crippen LogP contribution in [0.2, 0.25) is 0 Å². The summed E-state index contributed by atoms with van der Waals surface area (Å²) in [5, 5.41) is 2.53. The van der Waals surface area contributed by atoms with Crippen LogP contribution < -0.4 is 9.80 Å². The molecule has 2 aliphatic rings. The Morgan fingerprint density at radius 2 is 1.02 bits per heavy atom. The summed E-state index contributed by atoms with van der Waals surface area (Å²) in [7, 11) is 0. The zero-order valence-electron chi connectivity index (χ0n) is 26.5. The van der Waals surface area contributed by atoms with Crippen LogP contribution >= 0.6 is 0 Å². The van der Waals surface area contributed by atoms with Gasteiger partial charge >= 0.3 is 0 Å². The van der Waals surface area contributed by atoms with E-state index in [2.05, 4.69) is 204 Å². The Morgan fingerprint density at radius 1 is 0.438 bits per heavy atom. The lowest BCUT2D eigenvalue weighted by molar-refractivity contribution is 0.745. The highest BCUT2D eigenvalue weighted by Crippen LogP contribution is 2.47. The minimum absolute atomic E-state index is 0.308. The average molecular weight is 615 g/mol. The number of nitrogens with zero attached hydrogens (tertiary/aromatic N) is 2. The molecule has 1 aliphatic heterocycles. The second-order valence-electron chi connectivity index (χ2n) is 12.6. The highest BCUT2D eigenvalue weighted by atomic mass is 15.2. The highest BCUT2D eigenvalue weighted by Gasteiger charge is 2.36. The van der Waals surface area contributed by atoms with Crippen molar-refractivity contribution < 1.29 is 0 Å². The molecule has 0 saturated heterocycles. The highest BCUT2D eigenvalue weighted by molar-refractivity contribution is 5.97. The molecule has 0 radical (unpaired) electrons. The van der Waals surface area contributed by atoms with Crippen molar-refractivity contribution in [3.8, 4) is 22.3 Å². The monoisotopic (exact) mass is 614 g/mol. The first-order valence-corrected chi connectivity index (χ1v) is 16.7. The summed E-state index contributed by atoms with van der Waals surface area (Å²) < 4.78 is 0. The zero-order valence-corrected chi connectivity index (χ0v) is 26.5. The van der Waals surface area contributed by atoms with Gasteiger partial charge in [0.25, 0.3) is 0 Å². The second-order valence-corrected chi connectivity index (χ2v) is 12.6. The predicted molar refractivity (Wildman–Crippen MR) is 203 cm³/mol. The predicted octanol–water partition coefficient (Wildman–Crippen LogP) is 12.4. The Labute approximate surface area is 282 Å². The molecule has 0 amide bonds. The minimum Gasteiger partial charge on any atom is -0.333 e. The van der Waals surface area contributed by atoms with E-state index in [1.807, 2.05) is 0 Å². The van der Waals surface area contributed by atoms with Crippen molar-refractivity contribution in [2.24, 2.45) is 0 Å². The molecule has 2 atom stereocenters. The van der Waals surface area contributed by atoms with E-state index in [1.54, 1.807) is 0 Å². The molecular formula is C46H34N2. The average Bonchev–Trinajstić information content (AvgIpc) is 3.50. The molecule has 0 bridgehead atoms. The molecule has 2 nitrogen and oxygen atoms in total. The quantitative estimate of drug-likeness (QED) is 0.184. The first kappa shape index (κ1) is 28.1. The van der Waals surface area contributed by atoms with Crippen LogP contribution in [-0.2, 0) is 0 Å². The maximum absolute atomic E-state index is 2.48. The van der Waals surface area contributed by atoms with E-state index in [4.69, 9.17) is 0 Å². The van der Waals surface area contributed by atoms with E-state index in [0.29, 0.717) is 12.0 Å². The van der Waals surface area contributed by atoms with Crippen LogP contribution in [0.4, 0.5) is 28.4 Å². The summed E-state index contributed by atoms with van der Waals surface area (Å²) in [4.78, 5) is 4.81. The van der Waals surface area contributed by atoms with Crippen molar-refractivity contribution in [1.82, 2.24) is 0 Å². The van der Waals surface area contributed by atoms with Gasteiger partial charge in [-0.05, 0) is 93.2 Å². The van der Waals surface area contributed by atoms with Crippen molar-refractivity contribution >= 4 is 39.2 Å². The molecule has 0 fully saturated rings. The van der Waals surface area contributed by atoms with Crippen LogP contribution in [0.25, 0.3) is 33.0 Å². The van der Waals surface area contributed by atoms with Crippen LogP contribution in [0, 0.1) is 0 Å². The Balaban J connectivity index is 1.01. The summed E-state index contributed by atoms with van der Waals surface area (Å²) in [6.07, 6.45) is 9.01. The van der Waals surface area contributed by atoms with Gasteiger partial charge in [0.2, 0.25) is 0 Å². The van der Waals surface area contributed by atoms with Gasteiger partial charge in [-0.2, -0.15) is 0 Å². The van der Waals surface area contributed by atoms with Crippen molar-refractivity contribution in [1.29, 1.82) is 0 Å². The maximum Gasteiger partial charge on any atom is 0.0629 e. The smallest absolute Gasteiger partial charge is 0.0629 e. The number of anilines is 5. The maximum atomic E-state index is 2.48. The number of rotatable bonds is 6. The number of hydrogen-bond donors (Lipinski definition) is 0. The van der Waals surface area contributed by atoms with Crippen LogP contribution in [0.1, 0.15) is 11.5 Å². The number of allylic oxidation sites excluding steroid dienone is 2. The van der Waals surface area contributed by atoms with Gasteiger partial charge in [-0.25, -0.2) is 0 Å². The summed E-state index contributed by atoms with van der Waals surface area (Å²) >= 11 is 0. The number of hydrogen-bond acceptors (Lipinski definition) is 2. The van der Waals surface area contributed by atoms with Gasteiger partial charge in [0.1, 0.15) is 0 Å². The summed E-state index contributed by atoms with van der Waals surface area (Å²) in [5.74, 6) is 0.389. The molecular weight excluding hydrogens is 581 g/mol. The van der Waals surface area contributed by atoms with Crippen molar-refractivity contribution in [3.63, 3.8) is 0 Å². The lowest BCUT2D eigenvalue weighted by Gasteiger charge is -2.29. The fourth-order valence-electron chi connectivity index (χ4n) is 7.50. The van der Waals surface area contributed by atoms with Gasteiger partial charge in [-0.15, -0.1) is 0 Å². The molecule has 48 heavy (non-hydrogen) atoms. The van der Waals surface area contributed by atoms with Crippen LogP contribution in [0.3, 0.4) is 0 Å².